The maximum Gasteiger partial charge on any atom is 0.0761 e. The highest BCUT2D eigenvalue weighted by atomic mass is 35.5. The van der Waals surface area contributed by atoms with Crippen LogP contribution in [0.25, 0.3) is 10.9 Å². The quantitative estimate of drug-likeness (QED) is 0.896. The van der Waals surface area contributed by atoms with Crippen LogP contribution in [-0.2, 0) is 6.54 Å². The summed E-state index contributed by atoms with van der Waals surface area (Å²) < 4.78 is 0. The number of rotatable bonds is 3. The van der Waals surface area contributed by atoms with E-state index in [0.717, 1.165) is 28.4 Å². The molecule has 0 radical (unpaired) electrons. The SMILES string of the molecule is CC1CCC(NCc2ccc(Cl)c3cccnc23)CC1. The van der Waals surface area contributed by atoms with Gasteiger partial charge in [0.25, 0.3) is 0 Å². The van der Waals surface area contributed by atoms with Crippen LogP contribution in [0.3, 0.4) is 0 Å². The Morgan fingerprint density at radius 1 is 1.20 bits per heavy atom. The highest BCUT2D eigenvalue weighted by Crippen LogP contribution is 2.26. The lowest BCUT2D eigenvalue weighted by atomic mass is 9.87. The minimum absolute atomic E-state index is 0.653. The number of fused-ring (bicyclic) bond motifs is 1. The first-order valence-electron chi connectivity index (χ1n) is 7.49. The summed E-state index contributed by atoms with van der Waals surface area (Å²) in [7, 11) is 0. The fraction of sp³-hybridized carbons (Fsp3) is 0.471. The Bertz CT molecular complexity index is 589. The Morgan fingerprint density at radius 2 is 2.00 bits per heavy atom. The van der Waals surface area contributed by atoms with E-state index in [0.29, 0.717) is 6.04 Å². The third kappa shape index (κ3) is 2.97. The molecule has 1 aromatic carbocycles. The Hall–Kier alpha value is -1.12. The van der Waals surface area contributed by atoms with Gasteiger partial charge in [0.2, 0.25) is 0 Å². The van der Waals surface area contributed by atoms with Crippen molar-refractivity contribution in [3.63, 3.8) is 0 Å². The molecule has 2 nitrogen and oxygen atoms in total. The van der Waals surface area contributed by atoms with E-state index >= 15 is 0 Å². The van der Waals surface area contributed by atoms with Crippen molar-refractivity contribution < 1.29 is 0 Å². The number of hydrogen-bond acceptors (Lipinski definition) is 2. The van der Waals surface area contributed by atoms with Gasteiger partial charge in [0.15, 0.2) is 0 Å². The maximum atomic E-state index is 6.23. The second kappa shape index (κ2) is 6.11. The molecule has 20 heavy (non-hydrogen) atoms. The molecule has 0 saturated heterocycles. The van der Waals surface area contributed by atoms with E-state index in [-0.39, 0.29) is 0 Å². The summed E-state index contributed by atoms with van der Waals surface area (Å²) in [5, 5.41) is 5.51. The molecule has 1 aliphatic rings. The molecule has 1 saturated carbocycles. The molecule has 1 aromatic heterocycles. The molecule has 106 valence electrons. The molecule has 2 aromatic rings. The van der Waals surface area contributed by atoms with Crippen LogP contribution in [0, 0.1) is 5.92 Å². The Balaban J connectivity index is 1.73. The molecular weight excluding hydrogens is 268 g/mol. The average molecular weight is 289 g/mol. The molecule has 0 aliphatic heterocycles. The largest absolute Gasteiger partial charge is 0.310 e. The highest BCUT2D eigenvalue weighted by molar-refractivity contribution is 6.35. The van der Waals surface area contributed by atoms with Crippen LogP contribution in [0.5, 0.6) is 0 Å². The lowest BCUT2D eigenvalue weighted by Crippen LogP contribution is -2.32. The zero-order valence-corrected chi connectivity index (χ0v) is 12.7. The van der Waals surface area contributed by atoms with Crippen molar-refractivity contribution in [2.75, 3.05) is 0 Å². The van der Waals surface area contributed by atoms with Crippen molar-refractivity contribution in [1.82, 2.24) is 10.3 Å². The molecule has 1 N–H and O–H groups in total. The van der Waals surface area contributed by atoms with Crippen LogP contribution in [0.2, 0.25) is 5.02 Å². The third-order valence-electron chi connectivity index (χ3n) is 4.40. The van der Waals surface area contributed by atoms with Crippen LogP contribution in [0.1, 0.15) is 38.2 Å². The van der Waals surface area contributed by atoms with Crippen molar-refractivity contribution in [3.8, 4) is 0 Å². The van der Waals surface area contributed by atoms with Gasteiger partial charge in [-0.15, -0.1) is 0 Å². The first-order chi connectivity index (χ1) is 9.74. The average Bonchev–Trinajstić information content (AvgIpc) is 2.49. The van der Waals surface area contributed by atoms with E-state index in [2.05, 4.69) is 23.3 Å². The molecule has 1 heterocycles. The summed E-state index contributed by atoms with van der Waals surface area (Å²) in [6, 6.07) is 8.70. The van der Waals surface area contributed by atoms with E-state index in [1.165, 1.54) is 31.2 Å². The molecule has 3 rings (SSSR count). The number of aromatic nitrogens is 1. The number of nitrogens with one attached hydrogen (secondary N) is 1. The van der Waals surface area contributed by atoms with Gasteiger partial charge in [0.05, 0.1) is 5.52 Å². The van der Waals surface area contributed by atoms with Gasteiger partial charge >= 0.3 is 0 Å². The summed E-state index contributed by atoms with van der Waals surface area (Å²) in [5.41, 5.74) is 2.26. The first-order valence-corrected chi connectivity index (χ1v) is 7.87. The molecular formula is C17H21ClN2. The van der Waals surface area contributed by atoms with E-state index in [1.54, 1.807) is 0 Å². The summed E-state index contributed by atoms with van der Waals surface area (Å²) in [6.07, 6.45) is 7.11. The third-order valence-corrected chi connectivity index (χ3v) is 4.73. The van der Waals surface area contributed by atoms with Gasteiger partial charge in [-0.1, -0.05) is 24.6 Å². The Morgan fingerprint density at radius 3 is 2.80 bits per heavy atom. The zero-order chi connectivity index (χ0) is 13.9. The lowest BCUT2D eigenvalue weighted by molar-refractivity contribution is 0.307. The predicted molar refractivity (Wildman–Crippen MR) is 85.0 cm³/mol. The Kier molecular flexibility index (Phi) is 4.23. The van der Waals surface area contributed by atoms with Crippen molar-refractivity contribution in [1.29, 1.82) is 0 Å². The Labute approximate surface area is 125 Å². The van der Waals surface area contributed by atoms with Gasteiger partial charge in [-0.05, 0) is 55.4 Å². The fourth-order valence-electron chi connectivity index (χ4n) is 3.06. The zero-order valence-electron chi connectivity index (χ0n) is 11.9. The minimum atomic E-state index is 0.653. The van der Waals surface area contributed by atoms with Crippen LogP contribution in [0.15, 0.2) is 30.5 Å². The monoisotopic (exact) mass is 288 g/mol. The number of hydrogen-bond donors (Lipinski definition) is 1. The summed E-state index contributed by atoms with van der Waals surface area (Å²) in [4.78, 5) is 4.49. The lowest BCUT2D eigenvalue weighted by Gasteiger charge is -2.27. The van der Waals surface area contributed by atoms with Crippen molar-refractivity contribution in [2.45, 2.75) is 45.2 Å². The highest BCUT2D eigenvalue weighted by Gasteiger charge is 2.17. The van der Waals surface area contributed by atoms with Gasteiger partial charge in [-0.3, -0.25) is 4.98 Å². The molecule has 0 atom stereocenters. The van der Waals surface area contributed by atoms with Crippen molar-refractivity contribution in [2.24, 2.45) is 5.92 Å². The van der Waals surface area contributed by atoms with Crippen molar-refractivity contribution >= 4 is 22.5 Å². The normalized spacial score (nSPS) is 23.1. The molecule has 1 aliphatic carbocycles. The van der Waals surface area contributed by atoms with Crippen LogP contribution < -0.4 is 5.32 Å². The van der Waals surface area contributed by atoms with Crippen LogP contribution >= 0.6 is 11.6 Å². The summed E-state index contributed by atoms with van der Waals surface area (Å²) in [6.45, 7) is 3.23. The number of pyridine rings is 1. The maximum absolute atomic E-state index is 6.23. The number of halogens is 1. The van der Waals surface area contributed by atoms with Gasteiger partial charge in [-0.25, -0.2) is 0 Å². The molecule has 0 amide bonds. The number of nitrogens with zero attached hydrogens (tertiary/aromatic N) is 1. The molecule has 1 fully saturated rings. The molecule has 0 spiro atoms. The van der Waals surface area contributed by atoms with Gasteiger partial charge < -0.3 is 5.32 Å². The topological polar surface area (TPSA) is 24.9 Å². The standard InChI is InChI=1S/C17H21ClN2/c1-12-4-7-14(8-5-12)20-11-13-6-9-16(18)15-3-2-10-19-17(13)15/h2-3,6,9-10,12,14,20H,4-5,7-8,11H2,1H3. The predicted octanol–water partition coefficient (Wildman–Crippen LogP) is 4.56. The van der Waals surface area contributed by atoms with E-state index in [9.17, 15) is 0 Å². The summed E-state index contributed by atoms with van der Waals surface area (Å²) >= 11 is 6.23. The first kappa shape index (κ1) is 13.8. The molecule has 0 bridgehead atoms. The van der Waals surface area contributed by atoms with Gasteiger partial charge in [0.1, 0.15) is 0 Å². The van der Waals surface area contributed by atoms with Crippen LogP contribution in [0.4, 0.5) is 0 Å². The van der Waals surface area contributed by atoms with Gasteiger partial charge in [0, 0.05) is 29.2 Å². The van der Waals surface area contributed by atoms with E-state index < -0.39 is 0 Å². The second-order valence-electron chi connectivity index (χ2n) is 5.94. The second-order valence-corrected chi connectivity index (χ2v) is 6.35. The van der Waals surface area contributed by atoms with E-state index in [4.69, 9.17) is 11.6 Å². The minimum Gasteiger partial charge on any atom is -0.310 e. The molecule has 0 unspecified atom stereocenters. The fourth-order valence-corrected chi connectivity index (χ4v) is 3.27. The molecule has 3 heteroatoms. The van der Waals surface area contributed by atoms with Crippen molar-refractivity contribution in [3.05, 3.63) is 41.0 Å². The smallest absolute Gasteiger partial charge is 0.0761 e. The van der Waals surface area contributed by atoms with Gasteiger partial charge in [-0.2, -0.15) is 0 Å². The number of benzene rings is 1. The summed E-state index contributed by atoms with van der Waals surface area (Å²) in [5.74, 6) is 0.895. The van der Waals surface area contributed by atoms with Crippen LogP contribution in [-0.4, -0.2) is 11.0 Å². The van der Waals surface area contributed by atoms with E-state index in [1.807, 2.05) is 24.4 Å².